The average Bonchev–Trinajstić information content (AvgIpc) is 3.44. The molecule has 0 aliphatic carbocycles. The van der Waals surface area contributed by atoms with Crippen LogP contribution in [-0.2, 0) is 42.0 Å². The topological polar surface area (TPSA) is 120 Å². The van der Waals surface area contributed by atoms with E-state index in [9.17, 15) is 19.5 Å². The highest BCUT2D eigenvalue weighted by Gasteiger charge is 2.31. The smallest absolute Gasteiger partial charge is 0.306 e. The molecule has 0 saturated heterocycles. The van der Waals surface area contributed by atoms with Gasteiger partial charge in [-0.2, -0.15) is 0 Å². The molecule has 42 heavy (non-hydrogen) atoms. The van der Waals surface area contributed by atoms with Gasteiger partial charge in [0, 0.05) is 31.3 Å². The molecule has 4 aromatic rings. The molecule has 2 aliphatic heterocycles. The van der Waals surface area contributed by atoms with Crippen molar-refractivity contribution < 1.29 is 28.5 Å². The van der Waals surface area contributed by atoms with Gasteiger partial charge in [-0.15, -0.1) is 0 Å². The number of carbonyl (C=O) groups excluding carboxylic acids is 1. The summed E-state index contributed by atoms with van der Waals surface area (Å²) in [5.74, 6) is -0.727. The van der Waals surface area contributed by atoms with Gasteiger partial charge in [0.2, 0.25) is 11.2 Å². The van der Waals surface area contributed by atoms with E-state index in [-0.39, 0.29) is 29.8 Å². The number of aromatic hydroxyl groups is 1. The third kappa shape index (κ3) is 4.81. The monoisotopic (exact) mass is 572 g/mol. The lowest BCUT2D eigenvalue weighted by Crippen LogP contribution is -2.30. The Kier molecular flexibility index (Phi) is 7.24. The Labute approximate surface area is 241 Å². The molecule has 2 aliphatic rings. The molecule has 0 amide bonds. The van der Waals surface area contributed by atoms with Crippen LogP contribution in [0.2, 0.25) is 0 Å². The first-order chi connectivity index (χ1) is 20.3. The molecule has 218 valence electrons. The summed E-state index contributed by atoms with van der Waals surface area (Å²) in [6.45, 7) is 2.08. The quantitative estimate of drug-likeness (QED) is 0.316. The number of nitrogens with zero attached hydrogens (tertiary/aromatic N) is 2. The van der Waals surface area contributed by atoms with Crippen LogP contribution >= 0.6 is 0 Å². The van der Waals surface area contributed by atoms with E-state index in [0.29, 0.717) is 36.9 Å². The van der Waals surface area contributed by atoms with E-state index >= 15 is 0 Å². The van der Waals surface area contributed by atoms with Crippen LogP contribution in [0.25, 0.3) is 10.9 Å². The van der Waals surface area contributed by atoms with Crippen molar-refractivity contribution in [3.63, 3.8) is 0 Å². The molecule has 2 aromatic carbocycles. The van der Waals surface area contributed by atoms with Crippen LogP contribution in [0.5, 0.6) is 17.2 Å². The Morgan fingerprint density at radius 2 is 1.71 bits per heavy atom. The molecule has 10 nitrogen and oxygen atoms in total. The second kappa shape index (κ2) is 11.0. The van der Waals surface area contributed by atoms with Gasteiger partial charge < -0.3 is 28.3 Å². The van der Waals surface area contributed by atoms with Crippen molar-refractivity contribution in [3.8, 4) is 17.2 Å². The van der Waals surface area contributed by atoms with Crippen molar-refractivity contribution in [2.24, 2.45) is 0 Å². The van der Waals surface area contributed by atoms with E-state index in [2.05, 4.69) is 4.90 Å². The van der Waals surface area contributed by atoms with Gasteiger partial charge in [0.25, 0.3) is 5.56 Å². The van der Waals surface area contributed by atoms with Crippen molar-refractivity contribution >= 4 is 16.9 Å². The predicted molar refractivity (Wildman–Crippen MR) is 154 cm³/mol. The zero-order valence-electron chi connectivity index (χ0n) is 23.8. The van der Waals surface area contributed by atoms with Crippen molar-refractivity contribution in [1.82, 2.24) is 9.47 Å². The highest BCUT2D eigenvalue weighted by atomic mass is 16.5. The van der Waals surface area contributed by atoms with Crippen molar-refractivity contribution in [3.05, 3.63) is 96.8 Å². The number of ether oxygens (including phenoxy) is 3. The Morgan fingerprint density at radius 3 is 2.45 bits per heavy atom. The molecule has 0 radical (unpaired) electrons. The summed E-state index contributed by atoms with van der Waals surface area (Å²) in [5.41, 5.74) is 3.51. The number of aryl methyl sites for hydroxylation is 2. The molecule has 10 heteroatoms. The molecule has 0 spiro atoms. The summed E-state index contributed by atoms with van der Waals surface area (Å²) in [6, 6.07) is 12.8. The number of hydrogen-bond acceptors (Lipinski definition) is 9. The Morgan fingerprint density at radius 1 is 0.976 bits per heavy atom. The van der Waals surface area contributed by atoms with Crippen LogP contribution in [0.15, 0.2) is 56.5 Å². The summed E-state index contributed by atoms with van der Waals surface area (Å²) in [5, 5.41) is 11.8. The number of fused-ring (bicyclic) bond motifs is 1. The lowest BCUT2D eigenvalue weighted by atomic mass is 9.92. The molecule has 4 heterocycles. The number of rotatable bonds is 8. The fourth-order valence-electron chi connectivity index (χ4n) is 6.20. The van der Waals surface area contributed by atoms with E-state index in [1.165, 1.54) is 13.2 Å². The fourth-order valence-corrected chi connectivity index (χ4v) is 6.20. The summed E-state index contributed by atoms with van der Waals surface area (Å²) in [4.78, 5) is 41.4. The molecule has 0 fully saturated rings. The number of esters is 1. The van der Waals surface area contributed by atoms with Gasteiger partial charge in [-0.1, -0.05) is 18.2 Å². The standard InChI is InChI=1S/C32H32N2O8/c1-39-26-12-19-7-9-33(16-21(19)13-27(26)40-2)17-22-14-25(35)30(37)31(42-22)23(15-28(36)41-3)24-11-20-6-4-5-18-8-10-34(29(18)20)32(24)38/h4-6,11-14,23,37H,7-10,15-17H2,1-3H3/t23-/m0/s1. The molecular formula is C32H32N2O8. The highest BCUT2D eigenvalue weighted by molar-refractivity contribution is 5.84. The van der Waals surface area contributed by atoms with Gasteiger partial charge in [-0.25, -0.2) is 0 Å². The molecular weight excluding hydrogens is 540 g/mol. The second-order valence-corrected chi connectivity index (χ2v) is 10.7. The molecule has 2 aromatic heterocycles. The maximum Gasteiger partial charge on any atom is 0.306 e. The van der Waals surface area contributed by atoms with Gasteiger partial charge in [0.1, 0.15) is 5.76 Å². The number of pyridine rings is 1. The Balaban J connectivity index is 1.38. The van der Waals surface area contributed by atoms with Crippen LogP contribution in [-0.4, -0.2) is 48.4 Å². The van der Waals surface area contributed by atoms with Gasteiger partial charge in [0.05, 0.1) is 45.7 Å². The van der Waals surface area contributed by atoms with Crippen LogP contribution in [0.1, 0.15) is 46.1 Å². The van der Waals surface area contributed by atoms with E-state index in [1.807, 2.05) is 30.3 Å². The summed E-state index contributed by atoms with van der Waals surface area (Å²) < 4.78 is 23.7. The Bertz CT molecular complexity index is 1820. The van der Waals surface area contributed by atoms with E-state index in [1.54, 1.807) is 24.9 Å². The van der Waals surface area contributed by atoms with Crippen molar-refractivity contribution in [1.29, 1.82) is 0 Å². The highest BCUT2D eigenvalue weighted by Crippen LogP contribution is 2.36. The zero-order chi connectivity index (χ0) is 29.5. The molecule has 1 atom stereocenters. The average molecular weight is 573 g/mol. The summed E-state index contributed by atoms with van der Waals surface area (Å²) in [7, 11) is 4.45. The van der Waals surface area contributed by atoms with E-state index in [4.69, 9.17) is 18.6 Å². The molecule has 6 rings (SSSR count). The minimum absolute atomic E-state index is 0.120. The molecule has 1 N–H and O–H groups in total. The number of methoxy groups -OCH3 is 3. The number of benzene rings is 2. The number of hydrogen-bond donors (Lipinski definition) is 1. The lowest BCUT2D eigenvalue weighted by molar-refractivity contribution is -0.140. The molecule has 0 saturated carbocycles. The van der Waals surface area contributed by atoms with E-state index < -0.39 is 23.1 Å². The molecule has 0 bridgehead atoms. The predicted octanol–water partition coefficient (Wildman–Crippen LogP) is 3.49. The van der Waals surface area contributed by atoms with Gasteiger partial charge >= 0.3 is 5.97 Å². The third-order valence-corrected chi connectivity index (χ3v) is 8.30. The SMILES string of the molecule is COC(=O)C[C@H](c1oc(CN2CCc3cc(OC)c(OC)cc3C2)cc(=O)c1O)c1cc2cccc3c2n(c1=O)CC3. The minimum Gasteiger partial charge on any atom is -0.502 e. The number of aromatic nitrogens is 1. The first kappa shape index (κ1) is 27.6. The van der Waals surface area contributed by atoms with Crippen LogP contribution in [0.3, 0.4) is 0 Å². The van der Waals surface area contributed by atoms with E-state index in [0.717, 1.165) is 40.4 Å². The van der Waals surface area contributed by atoms with Crippen molar-refractivity contribution in [2.45, 2.75) is 44.8 Å². The maximum absolute atomic E-state index is 13.7. The first-order valence-corrected chi connectivity index (χ1v) is 13.9. The normalized spacial score (nSPS) is 14.9. The van der Waals surface area contributed by atoms with Crippen LogP contribution < -0.4 is 20.5 Å². The van der Waals surface area contributed by atoms with Gasteiger partial charge in [-0.05, 0) is 53.1 Å². The second-order valence-electron chi connectivity index (χ2n) is 10.7. The minimum atomic E-state index is -1.02. The zero-order valence-corrected chi connectivity index (χ0v) is 23.8. The number of carbonyl (C=O) groups is 1. The fraction of sp³-hybridized carbons (Fsp3) is 0.344. The summed E-state index contributed by atoms with van der Waals surface area (Å²) in [6.07, 6.45) is 1.20. The van der Waals surface area contributed by atoms with Crippen molar-refractivity contribution in [2.75, 3.05) is 27.9 Å². The lowest BCUT2D eigenvalue weighted by Gasteiger charge is -2.29. The van der Waals surface area contributed by atoms with Crippen LogP contribution in [0, 0.1) is 0 Å². The maximum atomic E-state index is 13.7. The summed E-state index contributed by atoms with van der Waals surface area (Å²) >= 11 is 0. The number of para-hydroxylation sites is 1. The first-order valence-electron chi connectivity index (χ1n) is 13.9. The van der Waals surface area contributed by atoms with Gasteiger partial charge in [0.15, 0.2) is 17.3 Å². The van der Waals surface area contributed by atoms with Gasteiger partial charge in [-0.3, -0.25) is 19.3 Å². The molecule has 0 unspecified atom stereocenters. The Hall–Kier alpha value is -4.57. The third-order valence-electron chi connectivity index (χ3n) is 8.30. The largest absolute Gasteiger partial charge is 0.502 e. The van der Waals surface area contributed by atoms with Crippen LogP contribution in [0.4, 0.5) is 0 Å².